The Hall–Kier alpha value is -2.47. The van der Waals surface area contributed by atoms with Gasteiger partial charge in [0.2, 0.25) is 5.91 Å². The maximum Gasteiger partial charge on any atom is 0.411 e. The molecule has 0 aromatic heterocycles. The Morgan fingerprint density at radius 3 is 2.46 bits per heavy atom. The zero-order valence-electron chi connectivity index (χ0n) is 15.8. The van der Waals surface area contributed by atoms with Crippen molar-refractivity contribution in [3.8, 4) is 0 Å². The summed E-state index contributed by atoms with van der Waals surface area (Å²) in [7, 11) is 0. The van der Waals surface area contributed by atoms with E-state index in [4.69, 9.17) is 4.74 Å². The Morgan fingerprint density at radius 1 is 1.00 bits per heavy atom. The predicted octanol–water partition coefficient (Wildman–Crippen LogP) is 4.60. The van der Waals surface area contributed by atoms with Crippen LogP contribution in [0, 0.1) is 0 Å². The first-order valence-corrected chi connectivity index (χ1v) is 10.8. The molecule has 2 amide bonds. The number of rotatable bonds is 7. The lowest BCUT2D eigenvalue weighted by Gasteiger charge is -2.29. The molecule has 28 heavy (non-hydrogen) atoms. The molecular formula is C22H26N2O3S. The predicted molar refractivity (Wildman–Crippen MR) is 113 cm³/mol. The summed E-state index contributed by atoms with van der Waals surface area (Å²) in [6.07, 6.45) is 2.75. The lowest BCUT2D eigenvalue weighted by atomic mass is 9.93. The molecule has 6 heteroatoms. The van der Waals surface area contributed by atoms with Crippen molar-refractivity contribution >= 4 is 29.4 Å². The standard InChI is InChI=1S/C22H26N2O3S/c25-21(16-28-15-17-8-3-1-4-9-17)23-19-12-7-13-20(14-19)27-22(26)24-18-10-5-2-6-11-18/h1-6,8-11,19-20H,7,12-16H2,(H,23,25)(H,24,26)/t19-,20+/m1/s1. The molecule has 0 saturated heterocycles. The van der Waals surface area contributed by atoms with Gasteiger partial charge in [0.25, 0.3) is 0 Å². The normalized spacial score (nSPS) is 18.9. The molecule has 2 aromatic carbocycles. The molecule has 3 rings (SSSR count). The van der Waals surface area contributed by atoms with Crippen LogP contribution in [0.3, 0.4) is 0 Å². The average Bonchev–Trinajstić information content (AvgIpc) is 2.70. The van der Waals surface area contributed by atoms with E-state index in [0.29, 0.717) is 17.9 Å². The molecule has 2 aromatic rings. The number of hydrogen-bond acceptors (Lipinski definition) is 4. The van der Waals surface area contributed by atoms with Crippen LogP contribution < -0.4 is 10.6 Å². The fraction of sp³-hybridized carbons (Fsp3) is 0.364. The van der Waals surface area contributed by atoms with Crippen LogP contribution in [-0.2, 0) is 15.3 Å². The van der Waals surface area contributed by atoms with Crippen LogP contribution in [0.2, 0.25) is 0 Å². The van der Waals surface area contributed by atoms with Crippen LogP contribution >= 0.6 is 11.8 Å². The minimum atomic E-state index is -0.443. The van der Waals surface area contributed by atoms with Crippen molar-refractivity contribution in [2.24, 2.45) is 0 Å². The highest BCUT2D eigenvalue weighted by Crippen LogP contribution is 2.22. The fourth-order valence-electron chi connectivity index (χ4n) is 3.31. The van der Waals surface area contributed by atoms with Gasteiger partial charge in [0.05, 0.1) is 5.75 Å². The summed E-state index contributed by atoms with van der Waals surface area (Å²) in [5.41, 5.74) is 1.93. The minimum absolute atomic E-state index is 0.0420. The summed E-state index contributed by atoms with van der Waals surface area (Å²) in [6.45, 7) is 0. The number of hydrogen-bond donors (Lipinski definition) is 2. The van der Waals surface area contributed by atoms with Crippen molar-refractivity contribution in [3.05, 3.63) is 66.2 Å². The summed E-state index contributed by atoms with van der Waals surface area (Å²) in [5.74, 6) is 1.30. The SMILES string of the molecule is O=C(CSCc1ccccc1)N[C@@H]1CCC[C@H](OC(=O)Nc2ccccc2)C1. The topological polar surface area (TPSA) is 67.4 Å². The van der Waals surface area contributed by atoms with E-state index in [0.717, 1.165) is 25.0 Å². The zero-order valence-corrected chi connectivity index (χ0v) is 16.6. The van der Waals surface area contributed by atoms with Crippen molar-refractivity contribution in [1.29, 1.82) is 0 Å². The molecule has 1 aliphatic carbocycles. The molecule has 1 aliphatic rings. The molecule has 1 saturated carbocycles. The van der Waals surface area contributed by atoms with Crippen molar-refractivity contribution in [1.82, 2.24) is 5.32 Å². The molecule has 1 fully saturated rings. The molecule has 2 atom stereocenters. The second kappa shape index (κ2) is 10.8. The number of amides is 2. The molecule has 0 bridgehead atoms. The molecular weight excluding hydrogens is 372 g/mol. The summed E-state index contributed by atoms with van der Waals surface area (Å²) in [4.78, 5) is 24.3. The van der Waals surface area contributed by atoms with E-state index in [1.165, 1.54) is 5.56 Å². The van der Waals surface area contributed by atoms with E-state index >= 15 is 0 Å². The number of thioether (sulfide) groups is 1. The first kappa shape index (κ1) is 20.3. The Morgan fingerprint density at radius 2 is 1.71 bits per heavy atom. The highest BCUT2D eigenvalue weighted by atomic mass is 32.2. The first-order valence-electron chi connectivity index (χ1n) is 9.63. The van der Waals surface area contributed by atoms with E-state index in [1.54, 1.807) is 11.8 Å². The third-order valence-electron chi connectivity index (χ3n) is 4.63. The fourth-order valence-corrected chi connectivity index (χ4v) is 4.11. The van der Waals surface area contributed by atoms with Crippen LogP contribution in [0.15, 0.2) is 60.7 Å². The minimum Gasteiger partial charge on any atom is -0.446 e. The second-order valence-electron chi connectivity index (χ2n) is 6.93. The van der Waals surface area contributed by atoms with Crippen molar-refractivity contribution in [2.45, 2.75) is 43.6 Å². The maximum absolute atomic E-state index is 12.2. The number of carbonyl (C=O) groups excluding carboxylic acids is 2. The molecule has 5 nitrogen and oxygen atoms in total. The Balaban J connectivity index is 1.37. The molecule has 0 radical (unpaired) electrons. The molecule has 0 heterocycles. The second-order valence-corrected chi connectivity index (χ2v) is 7.91. The number of para-hydroxylation sites is 1. The maximum atomic E-state index is 12.2. The van der Waals surface area contributed by atoms with Gasteiger partial charge in [-0.25, -0.2) is 4.79 Å². The molecule has 148 valence electrons. The quantitative estimate of drug-likeness (QED) is 0.715. The number of ether oxygens (including phenoxy) is 1. The summed E-state index contributed by atoms with van der Waals surface area (Å²) in [6, 6.07) is 19.4. The van der Waals surface area contributed by atoms with Crippen molar-refractivity contribution in [2.75, 3.05) is 11.1 Å². The third kappa shape index (κ3) is 6.93. The highest BCUT2D eigenvalue weighted by Gasteiger charge is 2.26. The van der Waals surface area contributed by atoms with Gasteiger partial charge in [0, 0.05) is 23.9 Å². The molecule has 0 aliphatic heterocycles. The molecule has 0 spiro atoms. The van der Waals surface area contributed by atoms with Crippen LogP contribution in [0.1, 0.15) is 31.2 Å². The van der Waals surface area contributed by atoms with Gasteiger partial charge < -0.3 is 10.1 Å². The van der Waals surface area contributed by atoms with Crippen LogP contribution in [-0.4, -0.2) is 29.9 Å². The van der Waals surface area contributed by atoms with Crippen LogP contribution in [0.5, 0.6) is 0 Å². The van der Waals surface area contributed by atoms with Gasteiger partial charge >= 0.3 is 6.09 Å². The lowest BCUT2D eigenvalue weighted by Crippen LogP contribution is -2.42. The van der Waals surface area contributed by atoms with Gasteiger partial charge in [-0.3, -0.25) is 10.1 Å². The lowest BCUT2D eigenvalue weighted by molar-refractivity contribution is -0.119. The van der Waals surface area contributed by atoms with Gasteiger partial charge in [0.15, 0.2) is 0 Å². The Bertz CT molecular complexity index is 755. The van der Waals surface area contributed by atoms with Gasteiger partial charge in [-0.1, -0.05) is 48.5 Å². The zero-order chi connectivity index (χ0) is 19.6. The summed E-state index contributed by atoms with van der Waals surface area (Å²) >= 11 is 1.61. The van der Waals surface area contributed by atoms with Gasteiger partial charge in [-0.05, 0) is 37.0 Å². The van der Waals surface area contributed by atoms with Crippen LogP contribution in [0.25, 0.3) is 0 Å². The largest absolute Gasteiger partial charge is 0.446 e. The highest BCUT2D eigenvalue weighted by molar-refractivity contribution is 7.99. The monoisotopic (exact) mass is 398 g/mol. The van der Waals surface area contributed by atoms with E-state index < -0.39 is 6.09 Å². The Kier molecular flexibility index (Phi) is 7.79. The van der Waals surface area contributed by atoms with Gasteiger partial charge in [-0.15, -0.1) is 11.8 Å². The van der Waals surface area contributed by atoms with E-state index in [2.05, 4.69) is 22.8 Å². The number of benzene rings is 2. The van der Waals surface area contributed by atoms with E-state index in [1.807, 2.05) is 48.5 Å². The molecule has 2 N–H and O–H groups in total. The summed E-state index contributed by atoms with van der Waals surface area (Å²) < 4.78 is 5.54. The Labute approximate surface area is 170 Å². The van der Waals surface area contributed by atoms with Gasteiger partial charge in [0.1, 0.15) is 6.10 Å². The number of carbonyl (C=O) groups is 2. The van der Waals surface area contributed by atoms with E-state index in [9.17, 15) is 9.59 Å². The first-order chi connectivity index (χ1) is 13.7. The number of anilines is 1. The van der Waals surface area contributed by atoms with Gasteiger partial charge in [-0.2, -0.15) is 0 Å². The number of nitrogens with one attached hydrogen (secondary N) is 2. The van der Waals surface area contributed by atoms with Crippen molar-refractivity contribution in [3.63, 3.8) is 0 Å². The average molecular weight is 399 g/mol. The van der Waals surface area contributed by atoms with E-state index in [-0.39, 0.29) is 18.1 Å². The molecule has 0 unspecified atom stereocenters. The van der Waals surface area contributed by atoms with Crippen molar-refractivity contribution < 1.29 is 14.3 Å². The summed E-state index contributed by atoms with van der Waals surface area (Å²) in [5, 5.41) is 5.82. The van der Waals surface area contributed by atoms with Crippen LogP contribution in [0.4, 0.5) is 10.5 Å². The smallest absolute Gasteiger partial charge is 0.411 e. The third-order valence-corrected chi connectivity index (χ3v) is 5.63.